The lowest BCUT2D eigenvalue weighted by molar-refractivity contribution is 0.736. The highest BCUT2D eigenvalue weighted by molar-refractivity contribution is 5.26. The molecule has 0 saturated carbocycles. The molecule has 1 aromatic carbocycles. The Morgan fingerprint density at radius 1 is 1.47 bits per heavy atom. The Hall–Kier alpha value is -1.52. The van der Waals surface area contributed by atoms with Gasteiger partial charge in [0.05, 0.1) is 0 Å². The fraction of sp³-hybridized carbons (Fsp3) is 0.375. The van der Waals surface area contributed by atoms with Crippen LogP contribution in [0.3, 0.4) is 0 Å². The van der Waals surface area contributed by atoms with E-state index in [4.69, 9.17) is 12.2 Å². The van der Waals surface area contributed by atoms with Crippen LogP contribution < -0.4 is 5.73 Å². The van der Waals surface area contributed by atoms with Crippen molar-refractivity contribution in [2.24, 2.45) is 5.73 Å². The topological polar surface area (TPSA) is 26.0 Å². The molecular weight excluding hydrogens is 206 g/mol. The van der Waals surface area contributed by atoms with Crippen molar-refractivity contribution in [1.29, 1.82) is 0 Å². The molecule has 1 atom stereocenters. The van der Waals surface area contributed by atoms with E-state index < -0.39 is 0 Å². The molecule has 1 nitrogen and oxygen atoms in total. The van der Waals surface area contributed by atoms with Gasteiger partial charge in [-0.2, -0.15) is 0 Å². The van der Waals surface area contributed by atoms with Crippen molar-refractivity contribution in [3.8, 4) is 12.3 Å². The van der Waals surface area contributed by atoms with E-state index in [1.807, 2.05) is 0 Å². The van der Waals surface area contributed by atoms with Crippen LogP contribution in [0.1, 0.15) is 30.9 Å². The molecule has 0 aliphatic carbocycles. The predicted octanol–water partition coefficient (Wildman–Crippen LogP) is 3.09. The first-order chi connectivity index (χ1) is 8.17. The molecule has 0 aliphatic rings. The third-order valence-electron chi connectivity index (χ3n) is 2.98. The fourth-order valence-corrected chi connectivity index (χ4v) is 1.79. The summed E-state index contributed by atoms with van der Waals surface area (Å²) in [7, 11) is 0. The standard InChI is InChI=1S/C16H21N/c1-4-6-8-14-9-7-10-15(11-14)12-16(17)13(3)5-2/h1,7,9-11,16H,3,5-6,8,12,17H2,2H3. The Balaban J connectivity index is 2.65. The summed E-state index contributed by atoms with van der Waals surface area (Å²) in [6.07, 6.45) is 8.80. The zero-order valence-corrected chi connectivity index (χ0v) is 10.6. The van der Waals surface area contributed by atoms with Gasteiger partial charge in [-0.25, -0.2) is 0 Å². The summed E-state index contributed by atoms with van der Waals surface area (Å²) in [5.41, 5.74) is 9.74. The van der Waals surface area contributed by atoms with Crippen LogP contribution in [0.2, 0.25) is 0 Å². The zero-order valence-electron chi connectivity index (χ0n) is 10.6. The van der Waals surface area contributed by atoms with Crippen molar-refractivity contribution in [2.45, 2.75) is 38.6 Å². The summed E-state index contributed by atoms with van der Waals surface area (Å²) in [5, 5.41) is 0. The number of aryl methyl sites for hydroxylation is 1. The second-order valence-electron chi connectivity index (χ2n) is 4.35. The molecule has 0 saturated heterocycles. The molecule has 0 spiro atoms. The fourth-order valence-electron chi connectivity index (χ4n) is 1.79. The smallest absolute Gasteiger partial charge is 0.0291 e. The van der Waals surface area contributed by atoms with Gasteiger partial charge in [-0.3, -0.25) is 0 Å². The van der Waals surface area contributed by atoms with Crippen LogP contribution in [-0.4, -0.2) is 6.04 Å². The highest BCUT2D eigenvalue weighted by Gasteiger charge is 2.06. The van der Waals surface area contributed by atoms with Gasteiger partial charge in [0, 0.05) is 12.5 Å². The maximum absolute atomic E-state index is 6.08. The molecule has 0 fully saturated rings. The molecule has 1 unspecified atom stereocenters. The molecule has 0 radical (unpaired) electrons. The van der Waals surface area contributed by atoms with Crippen LogP contribution in [0.15, 0.2) is 36.4 Å². The molecule has 0 aromatic heterocycles. The summed E-state index contributed by atoms with van der Waals surface area (Å²) >= 11 is 0. The Morgan fingerprint density at radius 2 is 2.18 bits per heavy atom. The van der Waals surface area contributed by atoms with Crippen LogP contribution in [0, 0.1) is 12.3 Å². The lowest BCUT2D eigenvalue weighted by atomic mass is 9.97. The Labute approximate surface area is 105 Å². The minimum absolute atomic E-state index is 0.0582. The molecule has 1 rings (SSSR count). The molecular formula is C16H21N. The van der Waals surface area contributed by atoms with Crippen molar-refractivity contribution in [1.82, 2.24) is 0 Å². The molecule has 90 valence electrons. The summed E-state index contributed by atoms with van der Waals surface area (Å²) in [5.74, 6) is 2.66. The first kappa shape index (κ1) is 13.5. The molecule has 1 heteroatoms. The summed E-state index contributed by atoms with van der Waals surface area (Å²) in [6.45, 7) is 6.08. The van der Waals surface area contributed by atoms with Crippen LogP contribution in [0.4, 0.5) is 0 Å². The Morgan fingerprint density at radius 3 is 2.82 bits per heavy atom. The van der Waals surface area contributed by atoms with Gasteiger partial charge in [-0.1, -0.05) is 43.3 Å². The van der Waals surface area contributed by atoms with Gasteiger partial charge in [0.15, 0.2) is 0 Å². The van der Waals surface area contributed by atoms with E-state index in [-0.39, 0.29) is 6.04 Å². The molecule has 0 aliphatic heterocycles. The molecule has 0 bridgehead atoms. The number of benzene rings is 1. The average molecular weight is 227 g/mol. The number of hydrogen-bond acceptors (Lipinski definition) is 1. The minimum Gasteiger partial charge on any atom is -0.324 e. The number of terminal acetylenes is 1. The summed E-state index contributed by atoms with van der Waals surface area (Å²) < 4.78 is 0. The summed E-state index contributed by atoms with van der Waals surface area (Å²) in [6, 6.07) is 8.55. The van der Waals surface area contributed by atoms with Crippen LogP contribution >= 0.6 is 0 Å². The maximum atomic E-state index is 6.08. The normalized spacial score (nSPS) is 11.8. The van der Waals surface area contributed by atoms with E-state index in [2.05, 4.69) is 43.7 Å². The van der Waals surface area contributed by atoms with E-state index >= 15 is 0 Å². The maximum Gasteiger partial charge on any atom is 0.0291 e. The highest BCUT2D eigenvalue weighted by atomic mass is 14.6. The minimum atomic E-state index is 0.0582. The third kappa shape index (κ3) is 4.46. The summed E-state index contributed by atoms with van der Waals surface area (Å²) in [4.78, 5) is 0. The van der Waals surface area contributed by atoms with Crippen LogP contribution in [-0.2, 0) is 12.8 Å². The number of rotatable bonds is 6. The number of nitrogens with two attached hydrogens (primary N) is 1. The molecule has 0 amide bonds. The second-order valence-corrected chi connectivity index (χ2v) is 4.35. The Kier molecular flexibility index (Phi) is 5.52. The van der Waals surface area contributed by atoms with Crippen molar-refractivity contribution >= 4 is 0 Å². The van der Waals surface area contributed by atoms with Crippen molar-refractivity contribution < 1.29 is 0 Å². The third-order valence-corrected chi connectivity index (χ3v) is 2.98. The van der Waals surface area contributed by atoms with Crippen molar-refractivity contribution in [2.75, 3.05) is 0 Å². The second kappa shape index (κ2) is 6.93. The molecule has 1 aromatic rings. The van der Waals surface area contributed by atoms with Crippen LogP contribution in [0.5, 0.6) is 0 Å². The Bertz CT molecular complexity index is 412. The van der Waals surface area contributed by atoms with Gasteiger partial charge in [-0.15, -0.1) is 12.3 Å². The van der Waals surface area contributed by atoms with E-state index in [1.54, 1.807) is 0 Å². The van der Waals surface area contributed by atoms with Gasteiger partial charge in [0.25, 0.3) is 0 Å². The van der Waals surface area contributed by atoms with Gasteiger partial charge < -0.3 is 5.73 Å². The first-order valence-electron chi connectivity index (χ1n) is 6.12. The first-order valence-corrected chi connectivity index (χ1v) is 6.12. The van der Waals surface area contributed by atoms with Gasteiger partial charge in [-0.05, 0) is 30.4 Å². The SMILES string of the molecule is C#CCCc1cccc(CC(N)C(=C)CC)c1. The zero-order chi connectivity index (χ0) is 12.7. The van der Waals surface area contributed by atoms with Crippen molar-refractivity contribution in [3.63, 3.8) is 0 Å². The highest BCUT2D eigenvalue weighted by Crippen LogP contribution is 2.12. The van der Waals surface area contributed by atoms with E-state index in [0.29, 0.717) is 0 Å². The lowest BCUT2D eigenvalue weighted by Crippen LogP contribution is -2.24. The van der Waals surface area contributed by atoms with Crippen molar-refractivity contribution in [3.05, 3.63) is 47.5 Å². The van der Waals surface area contributed by atoms with E-state index in [0.717, 1.165) is 31.3 Å². The largest absolute Gasteiger partial charge is 0.324 e. The van der Waals surface area contributed by atoms with E-state index in [9.17, 15) is 0 Å². The number of hydrogen-bond donors (Lipinski definition) is 1. The predicted molar refractivity (Wildman–Crippen MR) is 74.7 cm³/mol. The molecule has 0 heterocycles. The molecule has 2 N–H and O–H groups in total. The van der Waals surface area contributed by atoms with E-state index in [1.165, 1.54) is 11.1 Å². The van der Waals surface area contributed by atoms with Crippen LogP contribution in [0.25, 0.3) is 0 Å². The lowest BCUT2D eigenvalue weighted by Gasteiger charge is -2.14. The van der Waals surface area contributed by atoms with Gasteiger partial charge in [0.2, 0.25) is 0 Å². The quantitative estimate of drug-likeness (QED) is 0.586. The van der Waals surface area contributed by atoms with Gasteiger partial charge >= 0.3 is 0 Å². The monoisotopic (exact) mass is 227 g/mol. The molecule has 17 heavy (non-hydrogen) atoms. The average Bonchev–Trinajstić information content (AvgIpc) is 2.35. The van der Waals surface area contributed by atoms with Gasteiger partial charge in [0.1, 0.15) is 0 Å².